The first-order valence-corrected chi connectivity index (χ1v) is 9.31. The van der Waals surface area contributed by atoms with Crippen LogP contribution in [0.4, 0.5) is 0 Å². The van der Waals surface area contributed by atoms with Crippen LogP contribution in [0.5, 0.6) is 0 Å². The smallest absolute Gasteiger partial charge is 0.306 e. The average molecular weight is 409 g/mol. The lowest BCUT2D eigenvalue weighted by molar-refractivity contribution is -0.150. The molecule has 2 aliphatic rings. The van der Waals surface area contributed by atoms with Gasteiger partial charge in [-0.3, -0.25) is 25.2 Å². The van der Waals surface area contributed by atoms with Crippen molar-refractivity contribution in [3.05, 3.63) is 34.3 Å². The zero-order valence-electron chi connectivity index (χ0n) is 13.8. The lowest BCUT2D eigenvalue weighted by Crippen LogP contribution is -2.43. The van der Waals surface area contributed by atoms with Crippen molar-refractivity contribution in [3.8, 4) is 0 Å². The van der Waals surface area contributed by atoms with Gasteiger partial charge in [-0.05, 0) is 65.1 Å². The fraction of sp³-hybridized carbons (Fsp3) is 0.500. The van der Waals surface area contributed by atoms with E-state index in [1.54, 1.807) is 24.3 Å². The predicted molar refractivity (Wildman–Crippen MR) is 94.3 cm³/mol. The maximum atomic E-state index is 11.9. The molecular formula is C18H21BrN2O4. The topological polar surface area (TPSA) is 84.5 Å². The zero-order valence-corrected chi connectivity index (χ0v) is 15.4. The molecule has 0 heterocycles. The van der Waals surface area contributed by atoms with Gasteiger partial charge in [-0.15, -0.1) is 0 Å². The van der Waals surface area contributed by atoms with Gasteiger partial charge in [0, 0.05) is 10.9 Å². The van der Waals surface area contributed by atoms with Gasteiger partial charge in [0.2, 0.25) is 0 Å². The number of carbonyl (C=O) groups is 3. The lowest BCUT2D eigenvalue weighted by atomic mass is 9.86. The van der Waals surface area contributed by atoms with Gasteiger partial charge in [-0.2, -0.15) is 0 Å². The number of hydrazine groups is 1. The molecule has 0 saturated heterocycles. The number of rotatable bonds is 5. The second-order valence-electron chi connectivity index (χ2n) is 6.78. The fourth-order valence-electron chi connectivity index (χ4n) is 3.92. The molecular weight excluding hydrogens is 388 g/mol. The van der Waals surface area contributed by atoms with E-state index in [2.05, 4.69) is 26.8 Å². The molecule has 25 heavy (non-hydrogen) atoms. The Balaban J connectivity index is 1.36. The first kappa shape index (κ1) is 17.9. The zero-order chi connectivity index (χ0) is 17.8. The van der Waals surface area contributed by atoms with Crippen LogP contribution in [0.1, 0.15) is 42.5 Å². The quantitative estimate of drug-likeness (QED) is 0.579. The minimum atomic E-state index is -0.568. The molecule has 7 heteroatoms. The highest BCUT2D eigenvalue weighted by atomic mass is 79.9. The van der Waals surface area contributed by atoms with Crippen molar-refractivity contribution in [2.24, 2.45) is 17.8 Å². The number of nitrogens with one attached hydrogen (secondary N) is 2. The number of carbonyl (C=O) groups excluding carboxylic acids is 3. The van der Waals surface area contributed by atoms with Crippen molar-refractivity contribution in [2.45, 2.75) is 32.1 Å². The number of esters is 1. The van der Waals surface area contributed by atoms with Crippen molar-refractivity contribution in [1.82, 2.24) is 10.9 Å². The molecule has 1 aromatic carbocycles. The molecule has 6 nitrogen and oxygen atoms in total. The highest BCUT2D eigenvalue weighted by Gasteiger charge is 2.40. The Morgan fingerprint density at radius 2 is 1.92 bits per heavy atom. The van der Waals surface area contributed by atoms with Crippen LogP contribution in [-0.4, -0.2) is 24.4 Å². The number of hydrogen-bond acceptors (Lipinski definition) is 4. The van der Waals surface area contributed by atoms with Gasteiger partial charge in [0.1, 0.15) is 0 Å². The van der Waals surface area contributed by atoms with Crippen LogP contribution < -0.4 is 10.9 Å². The van der Waals surface area contributed by atoms with Crippen LogP contribution in [-0.2, 0) is 14.3 Å². The van der Waals surface area contributed by atoms with Crippen molar-refractivity contribution in [3.63, 3.8) is 0 Å². The van der Waals surface area contributed by atoms with E-state index in [4.69, 9.17) is 4.74 Å². The molecule has 3 rings (SSSR count). The molecule has 2 N–H and O–H groups in total. The molecule has 0 aromatic heterocycles. The summed E-state index contributed by atoms with van der Waals surface area (Å²) in [5.41, 5.74) is 4.95. The average Bonchev–Trinajstić information content (AvgIpc) is 3.21. The molecule has 0 spiro atoms. The maximum absolute atomic E-state index is 11.9. The van der Waals surface area contributed by atoms with Crippen molar-refractivity contribution >= 4 is 33.7 Å². The third-order valence-electron chi connectivity index (χ3n) is 5.11. The minimum Gasteiger partial charge on any atom is -0.455 e. The lowest BCUT2D eigenvalue weighted by Gasteiger charge is -2.20. The SMILES string of the molecule is O=C(COC(=O)C[C@H]1C[C@H]2CC[C@@H]1C2)NNC(=O)c1ccccc1Br. The normalized spacial score (nSPS) is 24.0. The van der Waals surface area contributed by atoms with Gasteiger partial charge < -0.3 is 4.74 Å². The molecule has 1 aromatic rings. The van der Waals surface area contributed by atoms with E-state index in [0.717, 1.165) is 12.3 Å². The fourth-order valence-corrected chi connectivity index (χ4v) is 4.39. The van der Waals surface area contributed by atoms with E-state index in [-0.39, 0.29) is 5.97 Å². The molecule has 2 bridgehead atoms. The van der Waals surface area contributed by atoms with Crippen LogP contribution in [0, 0.1) is 17.8 Å². The Kier molecular flexibility index (Phi) is 5.73. The Labute approximate surface area is 154 Å². The first-order chi connectivity index (χ1) is 12.0. The summed E-state index contributed by atoms with van der Waals surface area (Å²) in [6.45, 7) is -0.393. The van der Waals surface area contributed by atoms with Gasteiger partial charge in [-0.1, -0.05) is 18.6 Å². The van der Waals surface area contributed by atoms with E-state index < -0.39 is 18.4 Å². The standard InChI is InChI=1S/C18H21BrN2O4/c19-15-4-2-1-3-14(15)18(24)21-20-16(22)10-25-17(23)9-13-8-11-5-6-12(13)7-11/h1-4,11-13H,5-10H2,(H,20,22)(H,21,24)/t11-,12+,13+/m0/s1. The molecule has 0 radical (unpaired) electrons. The molecule has 2 amide bonds. The van der Waals surface area contributed by atoms with Crippen LogP contribution in [0.25, 0.3) is 0 Å². The first-order valence-electron chi connectivity index (χ1n) is 8.52. The van der Waals surface area contributed by atoms with E-state index >= 15 is 0 Å². The highest BCUT2D eigenvalue weighted by molar-refractivity contribution is 9.10. The summed E-state index contributed by atoms with van der Waals surface area (Å²) < 4.78 is 5.65. The third-order valence-corrected chi connectivity index (χ3v) is 5.80. The predicted octanol–water partition coefficient (Wildman–Crippen LogP) is 2.58. The summed E-state index contributed by atoms with van der Waals surface area (Å²) in [6, 6.07) is 6.86. The van der Waals surface area contributed by atoms with Gasteiger partial charge >= 0.3 is 5.97 Å². The van der Waals surface area contributed by atoms with Gasteiger partial charge in [0.15, 0.2) is 6.61 Å². The summed E-state index contributed by atoms with van der Waals surface area (Å²) in [6.07, 6.45) is 5.23. The summed E-state index contributed by atoms with van der Waals surface area (Å²) >= 11 is 3.27. The van der Waals surface area contributed by atoms with E-state index in [0.29, 0.717) is 28.3 Å². The highest BCUT2D eigenvalue weighted by Crippen LogP contribution is 2.49. The van der Waals surface area contributed by atoms with E-state index in [1.807, 2.05) is 0 Å². The largest absolute Gasteiger partial charge is 0.455 e. The molecule has 2 saturated carbocycles. The number of ether oxygens (including phenoxy) is 1. The van der Waals surface area contributed by atoms with Crippen LogP contribution >= 0.6 is 15.9 Å². The molecule has 0 aliphatic heterocycles. The van der Waals surface area contributed by atoms with Crippen molar-refractivity contribution < 1.29 is 19.1 Å². The van der Waals surface area contributed by atoms with Gasteiger partial charge in [0.25, 0.3) is 11.8 Å². The van der Waals surface area contributed by atoms with Gasteiger partial charge in [0.05, 0.1) is 5.56 Å². The number of halogens is 1. The van der Waals surface area contributed by atoms with E-state index in [9.17, 15) is 14.4 Å². The number of fused-ring (bicyclic) bond motifs is 2. The maximum Gasteiger partial charge on any atom is 0.306 e. The van der Waals surface area contributed by atoms with Gasteiger partial charge in [-0.25, -0.2) is 0 Å². The summed E-state index contributed by atoms with van der Waals surface area (Å²) in [7, 11) is 0. The van der Waals surface area contributed by atoms with Crippen LogP contribution in [0.15, 0.2) is 28.7 Å². The number of hydrogen-bond donors (Lipinski definition) is 2. The Bertz CT molecular complexity index is 679. The monoisotopic (exact) mass is 408 g/mol. The minimum absolute atomic E-state index is 0.343. The van der Waals surface area contributed by atoms with Crippen molar-refractivity contribution in [1.29, 1.82) is 0 Å². The third kappa shape index (κ3) is 4.60. The summed E-state index contributed by atoms with van der Waals surface area (Å²) in [5.74, 6) is 0.471. The Hall–Kier alpha value is -1.89. The molecule has 3 atom stereocenters. The number of amides is 2. The number of benzene rings is 1. The molecule has 134 valence electrons. The second-order valence-corrected chi connectivity index (χ2v) is 7.64. The summed E-state index contributed by atoms with van der Waals surface area (Å²) in [4.78, 5) is 35.6. The molecule has 2 aliphatic carbocycles. The molecule has 0 unspecified atom stereocenters. The Morgan fingerprint density at radius 1 is 1.12 bits per heavy atom. The van der Waals surface area contributed by atoms with Crippen molar-refractivity contribution in [2.75, 3.05) is 6.61 Å². The summed E-state index contributed by atoms with van der Waals surface area (Å²) in [5, 5.41) is 0. The Morgan fingerprint density at radius 3 is 2.60 bits per heavy atom. The second kappa shape index (κ2) is 7.99. The molecule has 2 fully saturated rings. The van der Waals surface area contributed by atoms with Crippen LogP contribution in [0.2, 0.25) is 0 Å². The van der Waals surface area contributed by atoms with Crippen LogP contribution in [0.3, 0.4) is 0 Å². The van der Waals surface area contributed by atoms with E-state index in [1.165, 1.54) is 19.3 Å².